The van der Waals surface area contributed by atoms with Crippen LogP contribution in [0.1, 0.15) is 12.8 Å². The van der Waals surface area contributed by atoms with E-state index in [1.165, 1.54) is 12.8 Å². The number of hydrogen-bond donors (Lipinski definition) is 1. The highest BCUT2D eigenvalue weighted by Crippen LogP contribution is 2.24. The summed E-state index contributed by atoms with van der Waals surface area (Å²) in [5.74, 6) is 1.33. The molecule has 2 aromatic rings. The maximum Gasteiger partial charge on any atom is 0.247 e. The predicted molar refractivity (Wildman–Crippen MR) is 76.0 cm³/mol. The molecule has 1 fully saturated rings. The average molecular weight is 276 g/mol. The molecule has 1 aromatic heterocycles. The molecule has 6 heteroatoms. The lowest BCUT2D eigenvalue weighted by atomic mass is 10.3. The summed E-state index contributed by atoms with van der Waals surface area (Å²) in [6, 6.07) is 7.55. The molecule has 0 bridgehead atoms. The van der Waals surface area contributed by atoms with E-state index in [4.69, 9.17) is 11.6 Å². The molecule has 0 atom stereocenters. The summed E-state index contributed by atoms with van der Waals surface area (Å²) in [5, 5.41) is 11.9. The van der Waals surface area contributed by atoms with E-state index >= 15 is 0 Å². The molecular formula is C13H14ClN5. The molecule has 0 aliphatic carbocycles. The third-order valence-electron chi connectivity index (χ3n) is 3.07. The smallest absolute Gasteiger partial charge is 0.247 e. The van der Waals surface area contributed by atoms with Gasteiger partial charge in [0, 0.05) is 13.1 Å². The molecule has 0 spiro atoms. The third-order valence-corrected chi connectivity index (χ3v) is 3.40. The lowest BCUT2D eigenvalue weighted by Gasteiger charge is -2.15. The molecule has 1 aliphatic heterocycles. The second kappa shape index (κ2) is 5.40. The molecule has 1 N–H and O–H groups in total. The normalized spacial score (nSPS) is 14.7. The fourth-order valence-electron chi connectivity index (χ4n) is 2.11. The van der Waals surface area contributed by atoms with Gasteiger partial charge in [-0.05, 0) is 25.0 Å². The zero-order valence-electron chi connectivity index (χ0n) is 10.4. The molecule has 0 radical (unpaired) electrons. The first-order valence-electron chi connectivity index (χ1n) is 6.29. The van der Waals surface area contributed by atoms with E-state index < -0.39 is 0 Å². The van der Waals surface area contributed by atoms with Crippen LogP contribution in [0.4, 0.5) is 17.5 Å². The Labute approximate surface area is 116 Å². The number of halogens is 1. The van der Waals surface area contributed by atoms with Crippen molar-refractivity contribution in [1.29, 1.82) is 0 Å². The van der Waals surface area contributed by atoms with Crippen LogP contribution in [-0.2, 0) is 0 Å². The Morgan fingerprint density at radius 3 is 2.74 bits per heavy atom. The summed E-state index contributed by atoms with van der Waals surface area (Å²) in [7, 11) is 0. The van der Waals surface area contributed by atoms with Crippen LogP contribution < -0.4 is 10.2 Å². The Morgan fingerprint density at radius 2 is 1.95 bits per heavy atom. The number of para-hydroxylation sites is 1. The van der Waals surface area contributed by atoms with Gasteiger partial charge in [-0.15, -0.1) is 5.10 Å². The van der Waals surface area contributed by atoms with E-state index in [0.717, 1.165) is 18.8 Å². The van der Waals surface area contributed by atoms with Crippen molar-refractivity contribution in [2.45, 2.75) is 12.8 Å². The highest BCUT2D eigenvalue weighted by Gasteiger charge is 2.15. The Balaban J connectivity index is 1.81. The van der Waals surface area contributed by atoms with Crippen LogP contribution in [0.5, 0.6) is 0 Å². The van der Waals surface area contributed by atoms with Crippen molar-refractivity contribution in [3.63, 3.8) is 0 Å². The summed E-state index contributed by atoms with van der Waals surface area (Å²) >= 11 is 6.10. The largest absolute Gasteiger partial charge is 0.339 e. The summed E-state index contributed by atoms with van der Waals surface area (Å²) in [6.07, 6.45) is 3.97. The molecule has 0 unspecified atom stereocenters. The van der Waals surface area contributed by atoms with Crippen LogP contribution in [0.15, 0.2) is 30.5 Å². The quantitative estimate of drug-likeness (QED) is 0.933. The van der Waals surface area contributed by atoms with E-state index in [1.54, 1.807) is 6.20 Å². The maximum atomic E-state index is 6.10. The summed E-state index contributed by atoms with van der Waals surface area (Å²) < 4.78 is 0. The molecule has 1 saturated heterocycles. The van der Waals surface area contributed by atoms with E-state index in [9.17, 15) is 0 Å². The first-order chi connectivity index (χ1) is 9.33. The lowest BCUT2D eigenvalue weighted by Crippen LogP contribution is -2.21. The van der Waals surface area contributed by atoms with Crippen LogP contribution in [-0.4, -0.2) is 28.3 Å². The van der Waals surface area contributed by atoms with Gasteiger partial charge in [-0.25, -0.2) is 0 Å². The van der Waals surface area contributed by atoms with E-state index in [1.807, 2.05) is 24.3 Å². The highest BCUT2D eigenvalue weighted by molar-refractivity contribution is 6.33. The molecule has 19 heavy (non-hydrogen) atoms. The van der Waals surface area contributed by atoms with Crippen molar-refractivity contribution in [3.8, 4) is 0 Å². The molecule has 2 heterocycles. The number of anilines is 3. The molecule has 98 valence electrons. The van der Waals surface area contributed by atoms with Crippen LogP contribution in [0.3, 0.4) is 0 Å². The van der Waals surface area contributed by atoms with Gasteiger partial charge in [0.05, 0.1) is 16.9 Å². The molecule has 1 aliphatic rings. The zero-order valence-corrected chi connectivity index (χ0v) is 11.1. The molecule has 5 nitrogen and oxygen atoms in total. The van der Waals surface area contributed by atoms with Crippen molar-refractivity contribution in [1.82, 2.24) is 15.2 Å². The number of rotatable bonds is 3. The minimum Gasteiger partial charge on any atom is -0.339 e. The summed E-state index contributed by atoms with van der Waals surface area (Å²) in [4.78, 5) is 6.62. The second-order valence-corrected chi connectivity index (χ2v) is 4.85. The van der Waals surface area contributed by atoms with Gasteiger partial charge >= 0.3 is 0 Å². The Bertz CT molecular complexity index is 568. The van der Waals surface area contributed by atoms with Crippen molar-refractivity contribution in [2.75, 3.05) is 23.3 Å². The molecule has 0 amide bonds. The topological polar surface area (TPSA) is 53.9 Å². The van der Waals surface area contributed by atoms with Crippen LogP contribution in [0, 0.1) is 0 Å². The summed E-state index contributed by atoms with van der Waals surface area (Å²) in [5.41, 5.74) is 0.817. The van der Waals surface area contributed by atoms with Gasteiger partial charge in [-0.3, -0.25) is 0 Å². The van der Waals surface area contributed by atoms with Gasteiger partial charge in [0.25, 0.3) is 0 Å². The Hall–Kier alpha value is -1.88. The fraction of sp³-hybridized carbons (Fsp3) is 0.308. The van der Waals surface area contributed by atoms with E-state index in [-0.39, 0.29) is 0 Å². The number of nitrogens with one attached hydrogen (secondary N) is 1. The lowest BCUT2D eigenvalue weighted by molar-refractivity contribution is 0.852. The standard InChI is InChI=1S/C13H14ClN5/c14-10-5-1-2-6-11(10)16-12-9-15-18-13(17-12)19-7-3-4-8-19/h1-2,5-6,9H,3-4,7-8H2,(H,16,17,18). The minimum absolute atomic E-state index is 0.656. The van der Waals surface area contributed by atoms with Crippen molar-refractivity contribution in [3.05, 3.63) is 35.5 Å². The predicted octanol–water partition coefficient (Wildman–Crippen LogP) is 2.87. The first kappa shape index (κ1) is 12.2. The molecular weight excluding hydrogens is 262 g/mol. The molecule has 0 saturated carbocycles. The average Bonchev–Trinajstić information content (AvgIpc) is 2.96. The van der Waals surface area contributed by atoms with Gasteiger partial charge in [-0.1, -0.05) is 23.7 Å². The number of hydrogen-bond acceptors (Lipinski definition) is 5. The Kier molecular flexibility index (Phi) is 3.46. The van der Waals surface area contributed by atoms with Crippen molar-refractivity contribution in [2.24, 2.45) is 0 Å². The van der Waals surface area contributed by atoms with Crippen LogP contribution in [0.25, 0.3) is 0 Å². The number of benzene rings is 1. The van der Waals surface area contributed by atoms with Crippen LogP contribution in [0.2, 0.25) is 5.02 Å². The maximum absolute atomic E-state index is 6.10. The van der Waals surface area contributed by atoms with Gasteiger partial charge in [-0.2, -0.15) is 10.1 Å². The van der Waals surface area contributed by atoms with Gasteiger partial charge in [0.2, 0.25) is 5.95 Å². The monoisotopic (exact) mass is 275 g/mol. The van der Waals surface area contributed by atoms with Crippen LogP contribution >= 0.6 is 11.6 Å². The minimum atomic E-state index is 0.656. The van der Waals surface area contributed by atoms with E-state index in [0.29, 0.717) is 16.8 Å². The van der Waals surface area contributed by atoms with Crippen molar-refractivity contribution < 1.29 is 0 Å². The van der Waals surface area contributed by atoms with Gasteiger partial charge in [0.15, 0.2) is 5.82 Å². The van der Waals surface area contributed by atoms with Gasteiger partial charge < -0.3 is 10.2 Å². The highest BCUT2D eigenvalue weighted by atomic mass is 35.5. The second-order valence-electron chi connectivity index (χ2n) is 4.44. The zero-order chi connectivity index (χ0) is 13.1. The van der Waals surface area contributed by atoms with Gasteiger partial charge in [0.1, 0.15) is 0 Å². The Morgan fingerprint density at radius 1 is 1.16 bits per heavy atom. The third kappa shape index (κ3) is 2.76. The number of aromatic nitrogens is 3. The fourth-order valence-corrected chi connectivity index (χ4v) is 2.29. The molecule has 3 rings (SSSR count). The number of nitrogens with zero attached hydrogens (tertiary/aromatic N) is 4. The van der Waals surface area contributed by atoms with E-state index in [2.05, 4.69) is 25.4 Å². The molecule has 1 aromatic carbocycles. The first-order valence-corrected chi connectivity index (χ1v) is 6.67. The summed E-state index contributed by atoms with van der Waals surface area (Å²) in [6.45, 7) is 1.99. The SMILES string of the molecule is Clc1ccccc1Nc1cnnc(N2CCCC2)n1. The van der Waals surface area contributed by atoms with Crippen molar-refractivity contribution >= 4 is 29.1 Å².